The van der Waals surface area contributed by atoms with Gasteiger partial charge in [0, 0.05) is 34.6 Å². The lowest BCUT2D eigenvalue weighted by atomic mass is 10.0. The van der Waals surface area contributed by atoms with E-state index in [4.69, 9.17) is 0 Å². The molecule has 0 aliphatic heterocycles. The molecule has 146 valence electrons. The number of ether oxygens (including phenoxy) is 2. The maximum atomic E-state index is 12.6. The van der Waals surface area contributed by atoms with Crippen LogP contribution in [0.5, 0.6) is 11.5 Å². The monoisotopic (exact) mass is 399 g/mol. The minimum Gasteiger partial charge on any atom is -0.405 e. The lowest BCUT2D eigenvalue weighted by Crippen LogP contribution is -2.17. The third-order valence-electron chi connectivity index (χ3n) is 3.59. The van der Waals surface area contributed by atoms with E-state index in [1.807, 2.05) is 0 Å². The van der Waals surface area contributed by atoms with Gasteiger partial charge < -0.3 is 9.47 Å². The molecule has 3 aromatic rings. The fraction of sp³-hybridized carbons (Fsp3) is 0.105. The maximum Gasteiger partial charge on any atom is 0.573 e. The van der Waals surface area contributed by atoms with Gasteiger partial charge >= 0.3 is 12.7 Å². The number of nitrogens with zero attached hydrogens (tertiary/aromatic N) is 1. The average Bonchev–Trinajstić information content (AvgIpc) is 2.60. The zero-order valence-electron chi connectivity index (χ0n) is 13.9. The van der Waals surface area contributed by atoms with Crippen LogP contribution in [0.4, 0.5) is 26.3 Å². The molecule has 2 aromatic carbocycles. The van der Waals surface area contributed by atoms with Crippen molar-refractivity contribution in [3.05, 3.63) is 67.0 Å². The fourth-order valence-corrected chi connectivity index (χ4v) is 2.57. The van der Waals surface area contributed by atoms with Crippen LogP contribution in [0.15, 0.2) is 67.0 Å². The van der Waals surface area contributed by atoms with Crippen molar-refractivity contribution in [2.45, 2.75) is 12.7 Å². The SMILES string of the molecule is FC(F)(F)Oc1ccccc1-c1cncc(-c2ccccc2OC(F)(F)F)c1. The quantitative estimate of drug-likeness (QED) is 0.489. The first-order valence-electron chi connectivity index (χ1n) is 7.78. The fourth-order valence-electron chi connectivity index (χ4n) is 2.57. The van der Waals surface area contributed by atoms with Gasteiger partial charge in [-0.05, 0) is 18.2 Å². The van der Waals surface area contributed by atoms with Gasteiger partial charge in [-0.1, -0.05) is 36.4 Å². The molecule has 3 rings (SSSR count). The number of pyridine rings is 1. The van der Waals surface area contributed by atoms with Gasteiger partial charge in [0.25, 0.3) is 0 Å². The standard InChI is InChI=1S/C19H11F6NO2/c20-18(21,22)27-16-7-3-1-5-14(16)12-9-13(11-26-10-12)15-6-2-4-8-17(15)28-19(23,24)25/h1-11H. The summed E-state index contributed by atoms with van der Waals surface area (Å²) in [7, 11) is 0. The van der Waals surface area contributed by atoms with Crippen molar-refractivity contribution in [3.63, 3.8) is 0 Å². The summed E-state index contributed by atoms with van der Waals surface area (Å²) in [6.07, 6.45) is -7.22. The molecule has 1 heterocycles. The molecule has 0 saturated heterocycles. The van der Waals surface area contributed by atoms with Gasteiger partial charge in [-0.25, -0.2) is 0 Å². The van der Waals surface area contributed by atoms with E-state index in [0.29, 0.717) is 0 Å². The van der Waals surface area contributed by atoms with E-state index in [1.165, 1.54) is 54.9 Å². The van der Waals surface area contributed by atoms with E-state index < -0.39 is 24.2 Å². The van der Waals surface area contributed by atoms with Gasteiger partial charge in [-0.15, -0.1) is 26.3 Å². The summed E-state index contributed by atoms with van der Waals surface area (Å²) < 4.78 is 83.8. The number of benzene rings is 2. The lowest BCUT2D eigenvalue weighted by molar-refractivity contribution is -0.275. The molecule has 0 saturated carbocycles. The molecule has 0 fully saturated rings. The predicted octanol–water partition coefficient (Wildman–Crippen LogP) is 6.21. The normalized spacial score (nSPS) is 11.9. The van der Waals surface area contributed by atoms with Crippen molar-refractivity contribution in [2.75, 3.05) is 0 Å². The molecule has 0 radical (unpaired) electrons. The van der Waals surface area contributed by atoms with Gasteiger partial charge in [0.15, 0.2) is 0 Å². The predicted molar refractivity (Wildman–Crippen MR) is 88.5 cm³/mol. The summed E-state index contributed by atoms with van der Waals surface area (Å²) in [6, 6.07) is 12.2. The third-order valence-corrected chi connectivity index (χ3v) is 3.59. The largest absolute Gasteiger partial charge is 0.573 e. The van der Waals surface area contributed by atoms with E-state index in [1.54, 1.807) is 0 Å². The van der Waals surface area contributed by atoms with E-state index in [0.717, 1.165) is 12.1 Å². The number of halogens is 6. The van der Waals surface area contributed by atoms with Crippen LogP contribution in [0.2, 0.25) is 0 Å². The van der Waals surface area contributed by atoms with Crippen molar-refractivity contribution >= 4 is 0 Å². The van der Waals surface area contributed by atoms with Gasteiger partial charge in [0.05, 0.1) is 0 Å². The summed E-state index contributed by atoms with van der Waals surface area (Å²) in [5.74, 6) is -0.900. The molecule has 0 atom stereocenters. The first-order chi connectivity index (χ1) is 13.1. The molecule has 0 aliphatic rings. The second kappa shape index (κ2) is 7.41. The number of para-hydroxylation sites is 2. The van der Waals surface area contributed by atoms with Crippen LogP contribution >= 0.6 is 0 Å². The highest BCUT2D eigenvalue weighted by Gasteiger charge is 2.33. The van der Waals surface area contributed by atoms with Crippen LogP contribution in [-0.4, -0.2) is 17.7 Å². The van der Waals surface area contributed by atoms with E-state index in [2.05, 4.69) is 14.5 Å². The topological polar surface area (TPSA) is 31.4 Å². The lowest BCUT2D eigenvalue weighted by Gasteiger charge is -2.15. The molecule has 0 amide bonds. The summed E-state index contributed by atoms with van der Waals surface area (Å²) in [6.45, 7) is 0. The number of aromatic nitrogens is 1. The Morgan fingerprint density at radius 1 is 0.607 bits per heavy atom. The second-order valence-corrected chi connectivity index (χ2v) is 5.55. The Hall–Kier alpha value is -3.23. The van der Waals surface area contributed by atoms with Gasteiger partial charge in [0.1, 0.15) is 11.5 Å². The molecular formula is C19H11F6NO2. The van der Waals surface area contributed by atoms with E-state index in [-0.39, 0.29) is 22.3 Å². The molecule has 0 N–H and O–H groups in total. The molecule has 0 aliphatic carbocycles. The second-order valence-electron chi connectivity index (χ2n) is 5.55. The first-order valence-corrected chi connectivity index (χ1v) is 7.78. The summed E-state index contributed by atoms with van der Waals surface area (Å²) in [5, 5.41) is 0. The maximum absolute atomic E-state index is 12.6. The Bertz CT molecular complexity index is 894. The highest BCUT2D eigenvalue weighted by molar-refractivity contribution is 5.77. The van der Waals surface area contributed by atoms with E-state index >= 15 is 0 Å². The molecule has 9 heteroatoms. The molecule has 0 unspecified atom stereocenters. The van der Waals surface area contributed by atoms with Gasteiger partial charge in [0.2, 0.25) is 0 Å². The van der Waals surface area contributed by atoms with Gasteiger partial charge in [-0.3, -0.25) is 4.98 Å². The molecule has 0 spiro atoms. The smallest absolute Gasteiger partial charge is 0.405 e. The Balaban J connectivity index is 2.04. The van der Waals surface area contributed by atoms with E-state index in [9.17, 15) is 26.3 Å². The Kier molecular flexibility index (Phi) is 5.17. The van der Waals surface area contributed by atoms with Crippen molar-refractivity contribution in [1.82, 2.24) is 4.98 Å². The van der Waals surface area contributed by atoms with Crippen LogP contribution in [0.3, 0.4) is 0 Å². The summed E-state index contributed by atoms with van der Waals surface area (Å²) in [4.78, 5) is 3.94. The highest BCUT2D eigenvalue weighted by atomic mass is 19.4. The van der Waals surface area contributed by atoms with Crippen LogP contribution in [0.1, 0.15) is 0 Å². The third kappa shape index (κ3) is 4.93. The zero-order chi connectivity index (χ0) is 20.4. The summed E-state index contributed by atoms with van der Waals surface area (Å²) >= 11 is 0. The van der Waals surface area contributed by atoms with Crippen LogP contribution in [-0.2, 0) is 0 Å². The van der Waals surface area contributed by atoms with Crippen molar-refractivity contribution in [2.24, 2.45) is 0 Å². The minimum atomic E-state index is -4.89. The Labute approximate surface area is 155 Å². The zero-order valence-corrected chi connectivity index (χ0v) is 13.9. The van der Waals surface area contributed by atoms with Crippen LogP contribution < -0.4 is 9.47 Å². The van der Waals surface area contributed by atoms with Crippen LogP contribution in [0.25, 0.3) is 22.3 Å². The van der Waals surface area contributed by atoms with Crippen molar-refractivity contribution in [3.8, 4) is 33.8 Å². The number of hydrogen-bond donors (Lipinski definition) is 0. The average molecular weight is 399 g/mol. The van der Waals surface area contributed by atoms with Gasteiger partial charge in [-0.2, -0.15) is 0 Å². The Morgan fingerprint density at radius 3 is 1.39 bits per heavy atom. The molecule has 3 nitrogen and oxygen atoms in total. The molecule has 28 heavy (non-hydrogen) atoms. The Morgan fingerprint density at radius 2 is 1.00 bits per heavy atom. The van der Waals surface area contributed by atoms with Crippen molar-refractivity contribution in [1.29, 1.82) is 0 Å². The highest BCUT2D eigenvalue weighted by Crippen LogP contribution is 2.37. The van der Waals surface area contributed by atoms with Crippen molar-refractivity contribution < 1.29 is 35.8 Å². The summed E-state index contributed by atoms with van der Waals surface area (Å²) in [5.41, 5.74) is 0.644. The number of alkyl halides is 6. The first kappa shape index (κ1) is 19.5. The number of hydrogen-bond acceptors (Lipinski definition) is 3. The molecule has 1 aromatic heterocycles. The number of rotatable bonds is 4. The minimum absolute atomic E-state index is 0.0865. The molecular weight excluding hydrogens is 388 g/mol. The molecule has 0 bridgehead atoms. The van der Waals surface area contributed by atoms with Crippen LogP contribution in [0, 0.1) is 0 Å².